The molecule has 5 rings (SSSR count). The number of para-hydroxylation sites is 1. The maximum atomic E-state index is 13.9. The molecular formula is C28H28N2O5S2. The normalized spacial score (nSPS) is 21.1. The number of carbonyl (C=O) groups is 3. The van der Waals surface area contributed by atoms with Crippen molar-refractivity contribution in [1.29, 1.82) is 0 Å². The van der Waals surface area contributed by atoms with Crippen LogP contribution in [0.4, 0.5) is 5.69 Å². The molecule has 7 nitrogen and oxygen atoms in total. The molecule has 2 amide bonds. The van der Waals surface area contributed by atoms with Crippen molar-refractivity contribution >= 4 is 46.6 Å². The van der Waals surface area contributed by atoms with E-state index in [9.17, 15) is 19.2 Å². The first-order valence-corrected chi connectivity index (χ1v) is 13.9. The minimum Gasteiger partial charge on any atom is -0.465 e. The lowest BCUT2D eigenvalue weighted by molar-refractivity contribution is -0.144. The second kappa shape index (κ2) is 9.61. The lowest BCUT2D eigenvalue weighted by Crippen LogP contribution is -2.32. The molecular weight excluding hydrogens is 508 g/mol. The Balaban J connectivity index is 1.64. The van der Waals surface area contributed by atoms with Crippen molar-refractivity contribution in [2.24, 2.45) is 5.92 Å². The van der Waals surface area contributed by atoms with Gasteiger partial charge in [-0.25, -0.2) is 4.90 Å². The quantitative estimate of drug-likeness (QED) is 0.351. The zero-order valence-electron chi connectivity index (χ0n) is 21.1. The number of fused-ring (bicyclic) bond motifs is 2. The molecule has 9 heteroatoms. The van der Waals surface area contributed by atoms with Gasteiger partial charge in [0.15, 0.2) is 0 Å². The molecule has 0 unspecified atom stereocenters. The number of amides is 2. The highest BCUT2D eigenvalue weighted by Crippen LogP contribution is 2.54. The SMILES string of the molecule is CCOC(=O)Cn1c2c(sc1=O)[C@@H](c1ccc(C(C)(C)C)cc1)[C@@H]1C(=O)N(c3ccccc3)C(=O)[C@@H]1S2. The van der Waals surface area contributed by atoms with E-state index in [1.807, 2.05) is 30.3 Å². The summed E-state index contributed by atoms with van der Waals surface area (Å²) < 4.78 is 6.47. The van der Waals surface area contributed by atoms with Crippen LogP contribution in [0.15, 0.2) is 64.4 Å². The van der Waals surface area contributed by atoms with Crippen LogP contribution in [0.25, 0.3) is 0 Å². The number of hydrogen-bond acceptors (Lipinski definition) is 7. The number of hydrogen-bond donors (Lipinski definition) is 0. The van der Waals surface area contributed by atoms with Gasteiger partial charge in [0, 0.05) is 10.8 Å². The Labute approximate surface area is 223 Å². The minimum absolute atomic E-state index is 0.0499. The monoisotopic (exact) mass is 536 g/mol. The molecule has 0 radical (unpaired) electrons. The number of nitrogens with zero attached hydrogens (tertiary/aromatic N) is 2. The third-order valence-electron chi connectivity index (χ3n) is 6.79. The number of thiazole rings is 1. The fourth-order valence-corrected chi connectivity index (χ4v) is 7.75. The average Bonchev–Trinajstić information content (AvgIpc) is 3.30. The number of carbonyl (C=O) groups excluding carboxylic acids is 3. The van der Waals surface area contributed by atoms with Crippen LogP contribution in [0.2, 0.25) is 0 Å². The van der Waals surface area contributed by atoms with Crippen LogP contribution >= 0.6 is 23.1 Å². The molecule has 2 aromatic carbocycles. The summed E-state index contributed by atoms with van der Waals surface area (Å²) in [6, 6.07) is 17.0. The van der Waals surface area contributed by atoms with Gasteiger partial charge in [0.05, 0.1) is 23.2 Å². The van der Waals surface area contributed by atoms with Crippen molar-refractivity contribution in [3.05, 3.63) is 80.3 Å². The molecule has 3 heterocycles. The lowest BCUT2D eigenvalue weighted by atomic mass is 9.81. The van der Waals surface area contributed by atoms with Gasteiger partial charge in [-0.2, -0.15) is 0 Å². The Morgan fingerprint density at radius 3 is 2.27 bits per heavy atom. The predicted molar refractivity (Wildman–Crippen MR) is 144 cm³/mol. The summed E-state index contributed by atoms with van der Waals surface area (Å²) >= 11 is 2.24. The number of imide groups is 1. The van der Waals surface area contributed by atoms with Crippen molar-refractivity contribution in [3.63, 3.8) is 0 Å². The number of thioether (sulfide) groups is 1. The van der Waals surface area contributed by atoms with Crippen molar-refractivity contribution < 1.29 is 19.1 Å². The first-order chi connectivity index (χ1) is 17.6. The number of aromatic nitrogens is 1. The van der Waals surface area contributed by atoms with Gasteiger partial charge in [-0.3, -0.25) is 23.7 Å². The molecule has 1 saturated heterocycles. The van der Waals surface area contributed by atoms with Gasteiger partial charge in [-0.15, -0.1) is 0 Å². The fourth-order valence-electron chi connectivity index (χ4n) is 4.97. The number of benzene rings is 2. The third kappa shape index (κ3) is 4.44. The summed E-state index contributed by atoms with van der Waals surface area (Å²) in [5, 5.41) is -0.153. The van der Waals surface area contributed by atoms with E-state index in [1.165, 1.54) is 21.2 Å². The van der Waals surface area contributed by atoms with E-state index in [-0.39, 0.29) is 35.3 Å². The topological polar surface area (TPSA) is 85.7 Å². The largest absolute Gasteiger partial charge is 0.465 e. The van der Waals surface area contributed by atoms with E-state index in [0.717, 1.165) is 22.5 Å². The Morgan fingerprint density at radius 2 is 1.65 bits per heavy atom. The minimum atomic E-state index is -0.713. The van der Waals surface area contributed by atoms with Gasteiger partial charge in [0.2, 0.25) is 11.8 Å². The maximum absolute atomic E-state index is 13.9. The second-order valence-electron chi connectivity index (χ2n) is 10.2. The van der Waals surface area contributed by atoms with Crippen molar-refractivity contribution in [2.75, 3.05) is 11.5 Å². The molecule has 0 spiro atoms. The molecule has 0 saturated carbocycles. The number of ether oxygens (including phenoxy) is 1. The molecule has 0 bridgehead atoms. The van der Waals surface area contributed by atoms with E-state index in [1.54, 1.807) is 31.2 Å². The predicted octanol–water partition coefficient (Wildman–Crippen LogP) is 4.57. The molecule has 1 aromatic heterocycles. The second-order valence-corrected chi connectivity index (χ2v) is 12.3. The van der Waals surface area contributed by atoms with Crippen LogP contribution in [0, 0.1) is 5.92 Å². The molecule has 3 aromatic rings. The number of anilines is 1. The third-order valence-corrected chi connectivity index (χ3v) is 9.40. The van der Waals surface area contributed by atoms with E-state index >= 15 is 0 Å². The van der Waals surface area contributed by atoms with Crippen LogP contribution in [-0.4, -0.2) is 34.2 Å². The van der Waals surface area contributed by atoms with Crippen LogP contribution in [0.1, 0.15) is 49.6 Å². The molecule has 37 heavy (non-hydrogen) atoms. The van der Waals surface area contributed by atoms with E-state index < -0.39 is 23.1 Å². The van der Waals surface area contributed by atoms with Crippen LogP contribution in [-0.2, 0) is 31.1 Å². The molecule has 192 valence electrons. The van der Waals surface area contributed by atoms with Crippen molar-refractivity contribution in [1.82, 2.24) is 4.57 Å². The molecule has 2 aliphatic heterocycles. The lowest BCUT2D eigenvalue weighted by Gasteiger charge is -2.31. The Hall–Kier alpha value is -3.17. The van der Waals surface area contributed by atoms with E-state index in [4.69, 9.17) is 4.74 Å². The zero-order valence-corrected chi connectivity index (χ0v) is 22.7. The van der Waals surface area contributed by atoms with Crippen molar-refractivity contribution in [3.8, 4) is 0 Å². The summed E-state index contributed by atoms with van der Waals surface area (Å²) in [7, 11) is 0. The van der Waals surface area contributed by atoms with Crippen LogP contribution in [0.5, 0.6) is 0 Å². The molecule has 1 fully saturated rings. The van der Waals surface area contributed by atoms with Crippen molar-refractivity contribution in [2.45, 2.75) is 55.8 Å². The van der Waals surface area contributed by atoms with Crippen LogP contribution < -0.4 is 9.77 Å². The highest BCUT2D eigenvalue weighted by atomic mass is 32.2. The Kier molecular flexibility index (Phi) is 6.62. The Bertz CT molecular complexity index is 1420. The fraction of sp³-hybridized carbons (Fsp3) is 0.357. The highest BCUT2D eigenvalue weighted by Gasteiger charge is 2.56. The first-order valence-electron chi connectivity index (χ1n) is 12.2. The van der Waals surface area contributed by atoms with Gasteiger partial charge >= 0.3 is 10.8 Å². The van der Waals surface area contributed by atoms with Gasteiger partial charge in [0.25, 0.3) is 0 Å². The zero-order chi connectivity index (χ0) is 26.5. The highest BCUT2D eigenvalue weighted by molar-refractivity contribution is 8.00. The average molecular weight is 537 g/mol. The van der Waals surface area contributed by atoms with E-state index in [0.29, 0.717) is 15.6 Å². The number of rotatable bonds is 5. The standard InChI is InChI=1S/C28H28N2O5S2/c1-5-35-19(31)15-29-26-23(37-27(29)34)20(16-11-13-17(14-12-16)28(2,3)4)21-22(36-26)25(33)30(24(21)32)18-9-7-6-8-10-18/h6-14,20-22H,5,15H2,1-4H3/t20-,21-,22+/m0/s1. The smallest absolute Gasteiger partial charge is 0.326 e. The number of esters is 1. The summed E-state index contributed by atoms with van der Waals surface area (Å²) in [6.07, 6.45) is 0. The molecule has 2 aliphatic rings. The molecule has 0 aliphatic carbocycles. The summed E-state index contributed by atoms with van der Waals surface area (Å²) in [4.78, 5) is 54.6. The summed E-state index contributed by atoms with van der Waals surface area (Å²) in [6.45, 7) is 8.08. The van der Waals surface area contributed by atoms with E-state index in [2.05, 4.69) is 20.8 Å². The Morgan fingerprint density at radius 1 is 0.973 bits per heavy atom. The molecule has 0 N–H and O–H groups in total. The maximum Gasteiger partial charge on any atom is 0.326 e. The van der Waals surface area contributed by atoms with Gasteiger partial charge < -0.3 is 4.74 Å². The van der Waals surface area contributed by atoms with Gasteiger partial charge in [0.1, 0.15) is 11.8 Å². The van der Waals surface area contributed by atoms with Crippen LogP contribution in [0.3, 0.4) is 0 Å². The molecule has 3 atom stereocenters. The summed E-state index contributed by atoms with van der Waals surface area (Å²) in [5.41, 5.74) is 2.49. The van der Waals surface area contributed by atoms with Gasteiger partial charge in [-0.1, -0.05) is 86.3 Å². The van der Waals surface area contributed by atoms with Gasteiger partial charge in [-0.05, 0) is 35.6 Å². The summed E-state index contributed by atoms with van der Waals surface area (Å²) in [5.74, 6) is -2.25. The first kappa shape index (κ1) is 25.5.